The zero-order valence-electron chi connectivity index (χ0n) is 13.7. The molecule has 0 aliphatic carbocycles. The number of nitrogens with one attached hydrogen (secondary N) is 1. The third-order valence-corrected chi connectivity index (χ3v) is 4.17. The number of hydrogen-bond acceptors (Lipinski definition) is 1. The molecule has 0 fully saturated rings. The highest BCUT2D eigenvalue weighted by atomic mass is 16.1. The number of aryl methyl sites for hydroxylation is 1. The third-order valence-electron chi connectivity index (χ3n) is 4.17. The van der Waals surface area contributed by atoms with Crippen LogP contribution >= 0.6 is 0 Å². The van der Waals surface area contributed by atoms with Gasteiger partial charge in [-0.2, -0.15) is 0 Å². The van der Waals surface area contributed by atoms with Gasteiger partial charge in [-0.1, -0.05) is 68.3 Å². The third kappa shape index (κ3) is 3.56. The zero-order chi connectivity index (χ0) is 15.9. The highest BCUT2D eigenvalue weighted by molar-refractivity contribution is 5.87. The van der Waals surface area contributed by atoms with E-state index in [2.05, 4.69) is 49.5 Å². The maximum atomic E-state index is 12.4. The van der Waals surface area contributed by atoms with Crippen LogP contribution in [-0.2, 0) is 4.79 Å². The Morgan fingerprint density at radius 1 is 1.09 bits per heavy atom. The standard InChI is InChI=1S/C20H25NO/c1-4-5-13-18(20(22)21-3)19-15(2)10-9-14-17(19)16-11-7-6-8-12-16/h6-12,14,18H,4-5,13H2,1-3H3,(H,21,22). The Bertz CT molecular complexity index is 619. The molecule has 0 bridgehead atoms. The van der Waals surface area contributed by atoms with Crippen molar-refractivity contribution >= 4 is 5.91 Å². The van der Waals surface area contributed by atoms with Gasteiger partial charge in [0.05, 0.1) is 5.92 Å². The normalized spacial score (nSPS) is 12.0. The maximum absolute atomic E-state index is 12.4. The van der Waals surface area contributed by atoms with Gasteiger partial charge in [-0.3, -0.25) is 4.79 Å². The molecule has 2 nitrogen and oxygen atoms in total. The van der Waals surface area contributed by atoms with Gasteiger partial charge in [0.2, 0.25) is 5.91 Å². The van der Waals surface area contributed by atoms with E-state index in [1.54, 1.807) is 7.05 Å². The Hall–Kier alpha value is -2.09. The van der Waals surface area contributed by atoms with Crippen molar-refractivity contribution in [2.24, 2.45) is 0 Å². The minimum absolute atomic E-state index is 0.0821. The summed E-state index contributed by atoms with van der Waals surface area (Å²) in [7, 11) is 1.72. The quantitative estimate of drug-likeness (QED) is 0.823. The molecule has 2 aromatic rings. The zero-order valence-corrected chi connectivity index (χ0v) is 13.7. The number of benzene rings is 2. The van der Waals surface area contributed by atoms with Crippen LogP contribution < -0.4 is 5.32 Å². The summed E-state index contributed by atoms with van der Waals surface area (Å²) in [5.74, 6) is 0.0290. The van der Waals surface area contributed by atoms with Gasteiger partial charge < -0.3 is 5.32 Å². The molecule has 0 radical (unpaired) electrons. The molecule has 1 unspecified atom stereocenters. The molecule has 0 aromatic heterocycles. The van der Waals surface area contributed by atoms with Crippen molar-refractivity contribution in [3.8, 4) is 11.1 Å². The number of likely N-dealkylation sites (N-methyl/N-ethyl adjacent to an activating group) is 1. The van der Waals surface area contributed by atoms with Crippen LogP contribution in [0.4, 0.5) is 0 Å². The molecular weight excluding hydrogens is 270 g/mol. The lowest BCUT2D eigenvalue weighted by molar-refractivity contribution is -0.122. The first kappa shape index (κ1) is 16.3. The SMILES string of the molecule is CCCCC(C(=O)NC)c1c(C)cccc1-c1ccccc1. The van der Waals surface area contributed by atoms with Crippen LogP contribution in [0.5, 0.6) is 0 Å². The topological polar surface area (TPSA) is 29.1 Å². The van der Waals surface area contributed by atoms with Crippen molar-refractivity contribution in [2.75, 3.05) is 7.05 Å². The summed E-state index contributed by atoms with van der Waals surface area (Å²) in [6.45, 7) is 4.26. The van der Waals surface area contributed by atoms with Gasteiger partial charge in [-0.25, -0.2) is 0 Å². The van der Waals surface area contributed by atoms with Gasteiger partial charge in [0.1, 0.15) is 0 Å². The fraction of sp³-hybridized carbons (Fsp3) is 0.350. The van der Waals surface area contributed by atoms with E-state index in [9.17, 15) is 4.79 Å². The maximum Gasteiger partial charge on any atom is 0.227 e. The second-order valence-electron chi connectivity index (χ2n) is 5.71. The number of rotatable bonds is 6. The molecule has 22 heavy (non-hydrogen) atoms. The molecule has 2 aromatic carbocycles. The lowest BCUT2D eigenvalue weighted by Gasteiger charge is -2.22. The molecular formula is C20H25NO. The van der Waals surface area contributed by atoms with E-state index in [1.165, 1.54) is 22.3 Å². The van der Waals surface area contributed by atoms with Crippen LogP contribution in [0.3, 0.4) is 0 Å². The van der Waals surface area contributed by atoms with E-state index in [0.717, 1.165) is 19.3 Å². The predicted molar refractivity (Wildman–Crippen MR) is 92.9 cm³/mol. The molecule has 1 amide bonds. The van der Waals surface area contributed by atoms with Crippen LogP contribution in [0.1, 0.15) is 43.2 Å². The Labute approximate surface area is 133 Å². The van der Waals surface area contributed by atoms with E-state index in [1.807, 2.05) is 18.2 Å². The Balaban J connectivity index is 2.53. The number of hydrogen-bond donors (Lipinski definition) is 1. The lowest BCUT2D eigenvalue weighted by atomic mass is 9.84. The first-order chi connectivity index (χ1) is 10.7. The molecule has 0 spiro atoms. The van der Waals surface area contributed by atoms with Crippen LogP contribution in [0.2, 0.25) is 0 Å². The second kappa shape index (κ2) is 7.79. The van der Waals surface area contributed by atoms with Crippen LogP contribution in [0, 0.1) is 6.92 Å². The van der Waals surface area contributed by atoms with Crippen molar-refractivity contribution in [1.29, 1.82) is 0 Å². The molecule has 116 valence electrons. The number of amides is 1. The molecule has 0 aliphatic heterocycles. The molecule has 0 heterocycles. The average Bonchev–Trinajstić information content (AvgIpc) is 2.56. The lowest BCUT2D eigenvalue weighted by Crippen LogP contribution is -2.26. The highest BCUT2D eigenvalue weighted by Crippen LogP contribution is 2.34. The summed E-state index contributed by atoms with van der Waals surface area (Å²) in [6, 6.07) is 16.6. The van der Waals surface area contributed by atoms with Crippen molar-refractivity contribution in [3.63, 3.8) is 0 Å². The van der Waals surface area contributed by atoms with Crippen LogP contribution in [0.15, 0.2) is 48.5 Å². The van der Waals surface area contributed by atoms with Crippen LogP contribution in [0.25, 0.3) is 11.1 Å². The average molecular weight is 295 g/mol. The van der Waals surface area contributed by atoms with Gasteiger partial charge in [-0.05, 0) is 35.6 Å². The fourth-order valence-electron chi connectivity index (χ4n) is 3.00. The summed E-state index contributed by atoms with van der Waals surface area (Å²) in [6.07, 6.45) is 3.04. The van der Waals surface area contributed by atoms with E-state index in [4.69, 9.17) is 0 Å². The smallest absolute Gasteiger partial charge is 0.227 e. The van der Waals surface area contributed by atoms with E-state index < -0.39 is 0 Å². The fourth-order valence-corrected chi connectivity index (χ4v) is 3.00. The van der Waals surface area contributed by atoms with Gasteiger partial charge in [-0.15, -0.1) is 0 Å². The summed E-state index contributed by atoms with van der Waals surface area (Å²) < 4.78 is 0. The number of carbonyl (C=O) groups is 1. The van der Waals surface area contributed by atoms with Crippen molar-refractivity contribution in [1.82, 2.24) is 5.32 Å². The molecule has 1 atom stereocenters. The molecule has 1 N–H and O–H groups in total. The molecule has 0 saturated carbocycles. The molecule has 2 heteroatoms. The Morgan fingerprint density at radius 2 is 1.82 bits per heavy atom. The second-order valence-corrected chi connectivity index (χ2v) is 5.71. The first-order valence-corrected chi connectivity index (χ1v) is 8.05. The number of carbonyl (C=O) groups excluding carboxylic acids is 1. The van der Waals surface area contributed by atoms with E-state index in [0.29, 0.717) is 0 Å². The van der Waals surface area contributed by atoms with Crippen molar-refractivity contribution in [2.45, 2.75) is 39.0 Å². The highest BCUT2D eigenvalue weighted by Gasteiger charge is 2.23. The van der Waals surface area contributed by atoms with Gasteiger partial charge in [0.15, 0.2) is 0 Å². The summed E-state index contributed by atoms with van der Waals surface area (Å²) in [5.41, 5.74) is 4.70. The molecule has 0 saturated heterocycles. The van der Waals surface area contributed by atoms with E-state index in [-0.39, 0.29) is 11.8 Å². The number of unbranched alkanes of at least 4 members (excludes halogenated alkanes) is 1. The summed E-state index contributed by atoms with van der Waals surface area (Å²) >= 11 is 0. The van der Waals surface area contributed by atoms with Gasteiger partial charge in [0, 0.05) is 7.05 Å². The minimum Gasteiger partial charge on any atom is -0.359 e. The monoisotopic (exact) mass is 295 g/mol. The van der Waals surface area contributed by atoms with E-state index >= 15 is 0 Å². The first-order valence-electron chi connectivity index (χ1n) is 8.05. The Morgan fingerprint density at radius 3 is 2.45 bits per heavy atom. The van der Waals surface area contributed by atoms with Crippen molar-refractivity contribution in [3.05, 3.63) is 59.7 Å². The Kier molecular flexibility index (Phi) is 5.76. The minimum atomic E-state index is -0.0821. The molecule has 0 aliphatic rings. The summed E-state index contributed by atoms with van der Waals surface area (Å²) in [5, 5.41) is 2.84. The van der Waals surface area contributed by atoms with Crippen LogP contribution in [-0.4, -0.2) is 13.0 Å². The summed E-state index contributed by atoms with van der Waals surface area (Å²) in [4.78, 5) is 12.4. The van der Waals surface area contributed by atoms with Gasteiger partial charge in [0.25, 0.3) is 0 Å². The van der Waals surface area contributed by atoms with Gasteiger partial charge >= 0.3 is 0 Å². The largest absolute Gasteiger partial charge is 0.359 e. The van der Waals surface area contributed by atoms with Crippen molar-refractivity contribution < 1.29 is 4.79 Å². The predicted octanol–water partition coefficient (Wildman–Crippen LogP) is 4.68. The molecule has 2 rings (SSSR count).